The van der Waals surface area contributed by atoms with Crippen molar-refractivity contribution in [2.75, 3.05) is 12.5 Å². The number of hydrogen-bond acceptors (Lipinski definition) is 7. The Hall–Kier alpha value is -3.26. The molecular formula is C18H16N4O3S. The fourth-order valence-electron chi connectivity index (χ4n) is 2.40. The first-order valence-electron chi connectivity index (χ1n) is 7.73. The summed E-state index contributed by atoms with van der Waals surface area (Å²) >= 11 is 1.49. The van der Waals surface area contributed by atoms with Crippen LogP contribution in [0, 0.1) is 17.0 Å². The lowest BCUT2D eigenvalue weighted by Crippen LogP contribution is -1.96. The second-order valence-electron chi connectivity index (χ2n) is 5.35. The van der Waals surface area contributed by atoms with Gasteiger partial charge in [0.1, 0.15) is 0 Å². The lowest BCUT2D eigenvalue weighted by Gasteiger charge is -2.01. The molecule has 0 unspecified atom stereocenters. The van der Waals surface area contributed by atoms with Gasteiger partial charge in [-0.2, -0.15) is 5.10 Å². The molecule has 0 amide bonds. The second-order valence-corrected chi connectivity index (χ2v) is 6.55. The predicted molar refractivity (Wildman–Crippen MR) is 103 cm³/mol. The predicted octanol–water partition coefficient (Wildman–Crippen LogP) is 4.48. The largest absolute Gasteiger partial charge is 0.490 e. The molecule has 1 N–H and O–H groups in total. The average Bonchev–Trinajstić information content (AvgIpc) is 3.03. The fraction of sp³-hybridized carbons (Fsp3) is 0.111. The summed E-state index contributed by atoms with van der Waals surface area (Å²) in [6.07, 6.45) is 1.51. The van der Waals surface area contributed by atoms with Gasteiger partial charge in [0.25, 0.3) is 0 Å². The number of aryl methyl sites for hydroxylation is 1. The average molecular weight is 368 g/mol. The topological polar surface area (TPSA) is 89.7 Å². The van der Waals surface area contributed by atoms with Crippen molar-refractivity contribution in [1.29, 1.82) is 0 Å². The van der Waals surface area contributed by atoms with Gasteiger partial charge in [0, 0.05) is 22.1 Å². The Morgan fingerprint density at radius 3 is 2.73 bits per heavy atom. The van der Waals surface area contributed by atoms with Crippen LogP contribution >= 0.6 is 11.3 Å². The number of benzene rings is 2. The molecule has 7 nitrogen and oxygen atoms in total. The van der Waals surface area contributed by atoms with Gasteiger partial charge in [-0.3, -0.25) is 15.5 Å². The number of nitrogens with one attached hydrogen (secondary N) is 1. The van der Waals surface area contributed by atoms with Crippen molar-refractivity contribution < 1.29 is 9.66 Å². The van der Waals surface area contributed by atoms with Gasteiger partial charge in [-0.15, -0.1) is 11.3 Å². The number of hydrazone groups is 1. The molecule has 0 spiro atoms. The van der Waals surface area contributed by atoms with E-state index in [-0.39, 0.29) is 11.4 Å². The van der Waals surface area contributed by atoms with Crippen LogP contribution < -0.4 is 10.2 Å². The van der Waals surface area contributed by atoms with E-state index in [1.807, 2.05) is 37.3 Å². The molecule has 0 atom stereocenters. The first-order chi connectivity index (χ1) is 12.6. The summed E-state index contributed by atoms with van der Waals surface area (Å²) in [7, 11) is 1.40. The summed E-state index contributed by atoms with van der Waals surface area (Å²) in [6, 6.07) is 14.6. The summed E-state index contributed by atoms with van der Waals surface area (Å²) in [5.74, 6) is 0.211. The molecule has 0 aliphatic rings. The van der Waals surface area contributed by atoms with Crippen LogP contribution in [0.1, 0.15) is 10.4 Å². The van der Waals surface area contributed by atoms with E-state index in [0.29, 0.717) is 10.7 Å². The number of aromatic nitrogens is 1. The normalized spacial score (nSPS) is 10.8. The molecule has 0 fully saturated rings. The second kappa shape index (κ2) is 7.75. The van der Waals surface area contributed by atoms with Gasteiger partial charge >= 0.3 is 5.69 Å². The van der Waals surface area contributed by atoms with E-state index in [2.05, 4.69) is 15.5 Å². The number of rotatable bonds is 6. The molecule has 3 rings (SSSR count). The van der Waals surface area contributed by atoms with Gasteiger partial charge < -0.3 is 4.74 Å². The summed E-state index contributed by atoms with van der Waals surface area (Å²) in [6.45, 7) is 2.00. The molecular weight excluding hydrogens is 352 g/mol. The maximum atomic E-state index is 11.1. The lowest BCUT2D eigenvalue weighted by molar-refractivity contribution is -0.385. The van der Waals surface area contributed by atoms with Crippen molar-refractivity contribution in [3.8, 4) is 17.0 Å². The molecule has 26 heavy (non-hydrogen) atoms. The standard InChI is InChI=1S/C18H16N4O3S/c1-12-17(14-6-4-3-5-7-14)20-18(26-12)21-19-11-13-8-9-16(25-2)15(10-13)22(23)24/h3-11H,1-2H3,(H,20,21)/b19-11+. The summed E-state index contributed by atoms with van der Waals surface area (Å²) in [5.41, 5.74) is 5.31. The number of thiazole rings is 1. The molecule has 0 saturated carbocycles. The maximum Gasteiger partial charge on any atom is 0.311 e. The highest BCUT2D eigenvalue weighted by atomic mass is 32.1. The van der Waals surface area contributed by atoms with Crippen LogP contribution in [-0.2, 0) is 0 Å². The van der Waals surface area contributed by atoms with Crippen molar-refractivity contribution in [1.82, 2.24) is 4.98 Å². The summed E-state index contributed by atoms with van der Waals surface area (Å²) in [4.78, 5) is 16.2. The van der Waals surface area contributed by atoms with Crippen molar-refractivity contribution in [2.24, 2.45) is 5.10 Å². The SMILES string of the molecule is COc1ccc(/C=N/Nc2nc(-c3ccccc3)c(C)s2)cc1[N+](=O)[O-]. The van der Waals surface area contributed by atoms with E-state index in [0.717, 1.165) is 16.1 Å². The highest BCUT2D eigenvalue weighted by Gasteiger charge is 2.14. The zero-order chi connectivity index (χ0) is 18.5. The minimum absolute atomic E-state index is 0.104. The van der Waals surface area contributed by atoms with Crippen LogP contribution in [0.4, 0.5) is 10.8 Å². The number of nitro benzene ring substituents is 1. The highest BCUT2D eigenvalue weighted by Crippen LogP contribution is 2.30. The molecule has 132 valence electrons. The van der Waals surface area contributed by atoms with E-state index >= 15 is 0 Å². The highest BCUT2D eigenvalue weighted by molar-refractivity contribution is 7.15. The molecule has 2 aromatic carbocycles. The molecule has 0 saturated heterocycles. The van der Waals surface area contributed by atoms with Crippen molar-refractivity contribution in [3.63, 3.8) is 0 Å². The van der Waals surface area contributed by atoms with E-state index in [1.54, 1.807) is 12.1 Å². The minimum atomic E-state index is -0.486. The number of ether oxygens (including phenoxy) is 1. The lowest BCUT2D eigenvalue weighted by atomic mass is 10.1. The Morgan fingerprint density at radius 2 is 2.04 bits per heavy atom. The Labute approximate surface area is 154 Å². The molecule has 8 heteroatoms. The van der Waals surface area contributed by atoms with E-state index in [9.17, 15) is 10.1 Å². The fourth-order valence-corrected chi connectivity index (χ4v) is 3.19. The molecule has 1 heterocycles. The van der Waals surface area contributed by atoms with Gasteiger partial charge in [0.15, 0.2) is 5.75 Å². The van der Waals surface area contributed by atoms with Crippen LogP contribution in [0.15, 0.2) is 53.6 Å². The number of nitro groups is 1. The van der Waals surface area contributed by atoms with Crippen LogP contribution in [0.3, 0.4) is 0 Å². The van der Waals surface area contributed by atoms with Crippen LogP contribution in [0.2, 0.25) is 0 Å². The number of anilines is 1. The molecule has 0 aliphatic heterocycles. The molecule has 0 aliphatic carbocycles. The van der Waals surface area contributed by atoms with E-state index in [1.165, 1.54) is 30.7 Å². The van der Waals surface area contributed by atoms with Gasteiger partial charge in [0.05, 0.1) is 23.9 Å². The van der Waals surface area contributed by atoms with Gasteiger partial charge in [-0.25, -0.2) is 4.98 Å². The smallest absolute Gasteiger partial charge is 0.311 e. The first-order valence-corrected chi connectivity index (χ1v) is 8.54. The third kappa shape index (κ3) is 3.86. The first kappa shape index (κ1) is 17.6. The van der Waals surface area contributed by atoms with Crippen LogP contribution in [0.5, 0.6) is 5.75 Å². The van der Waals surface area contributed by atoms with Gasteiger partial charge in [0.2, 0.25) is 5.13 Å². The quantitative estimate of drug-likeness (QED) is 0.393. The molecule has 0 bridgehead atoms. The Kier molecular flexibility index (Phi) is 5.23. The van der Waals surface area contributed by atoms with Crippen LogP contribution in [-0.4, -0.2) is 23.2 Å². The Bertz CT molecular complexity index is 954. The molecule has 3 aromatic rings. The number of hydrogen-bond donors (Lipinski definition) is 1. The zero-order valence-corrected chi connectivity index (χ0v) is 15.0. The van der Waals surface area contributed by atoms with Crippen molar-refractivity contribution in [3.05, 3.63) is 69.1 Å². The number of nitrogens with zero attached hydrogens (tertiary/aromatic N) is 3. The summed E-state index contributed by atoms with van der Waals surface area (Å²) < 4.78 is 4.98. The van der Waals surface area contributed by atoms with Gasteiger partial charge in [-0.05, 0) is 19.1 Å². The maximum absolute atomic E-state index is 11.1. The molecule has 1 aromatic heterocycles. The Balaban J connectivity index is 1.75. The van der Waals surface area contributed by atoms with Crippen molar-refractivity contribution >= 4 is 28.4 Å². The van der Waals surface area contributed by atoms with E-state index < -0.39 is 4.92 Å². The minimum Gasteiger partial charge on any atom is -0.490 e. The Morgan fingerprint density at radius 1 is 1.27 bits per heavy atom. The third-order valence-corrected chi connectivity index (χ3v) is 4.49. The zero-order valence-electron chi connectivity index (χ0n) is 14.2. The number of methoxy groups -OCH3 is 1. The summed E-state index contributed by atoms with van der Waals surface area (Å²) in [5, 5.41) is 15.8. The third-order valence-electron chi connectivity index (χ3n) is 3.62. The van der Waals surface area contributed by atoms with Gasteiger partial charge in [-0.1, -0.05) is 30.3 Å². The van der Waals surface area contributed by atoms with Crippen molar-refractivity contribution in [2.45, 2.75) is 6.92 Å². The van der Waals surface area contributed by atoms with E-state index in [4.69, 9.17) is 4.74 Å². The van der Waals surface area contributed by atoms with Crippen LogP contribution in [0.25, 0.3) is 11.3 Å². The molecule has 0 radical (unpaired) electrons. The monoisotopic (exact) mass is 368 g/mol.